The first-order valence-electron chi connectivity index (χ1n) is 6.49. The molecule has 0 aliphatic carbocycles. The molecule has 1 aliphatic heterocycles. The molecular weight excluding hydrogens is 294 g/mol. The number of nitrogens with zero attached hydrogens (tertiary/aromatic N) is 1. The highest BCUT2D eigenvalue weighted by atomic mass is 35.5. The fourth-order valence-corrected chi connectivity index (χ4v) is 3.43. The van der Waals surface area contributed by atoms with E-state index < -0.39 is 0 Å². The molecule has 1 fully saturated rings. The van der Waals surface area contributed by atoms with Gasteiger partial charge >= 0.3 is 0 Å². The number of hydrogen-bond acceptors (Lipinski definition) is 4. The Labute approximate surface area is 126 Å². The number of carbonyl (C=O) groups excluding carboxylic acids is 1. The van der Waals surface area contributed by atoms with E-state index in [4.69, 9.17) is 11.6 Å². The molecule has 1 amide bonds. The second kappa shape index (κ2) is 5.91. The highest BCUT2D eigenvalue weighted by Crippen LogP contribution is 2.30. The van der Waals surface area contributed by atoms with E-state index in [1.807, 2.05) is 12.1 Å². The van der Waals surface area contributed by atoms with E-state index in [0.717, 1.165) is 13.0 Å². The second-order valence-electron chi connectivity index (χ2n) is 4.65. The van der Waals surface area contributed by atoms with Crippen molar-refractivity contribution in [2.75, 3.05) is 11.9 Å². The van der Waals surface area contributed by atoms with Gasteiger partial charge in [-0.15, -0.1) is 11.3 Å². The summed E-state index contributed by atoms with van der Waals surface area (Å²) < 4.78 is 0. The summed E-state index contributed by atoms with van der Waals surface area (Å²) in [5, 5.41) is 6.52. The number of amides is 1. The van der Waals surface area contributed by atoms with Crippen LogP contribution in [-0.2, 0) is 0 Å². The topological polar surface area (TPSA) is 54.0 Å². The molecule has 2 N–H and O–H groups in total. The maximum atomic E-state index is 12.2. The summed E-state index contributed by atoms with van der Waals surface area (Å²) >= 11 is 7.46. The molecule has 2 aromatic heterocycles. The van der Waals surface area contributed by atoms with Gasteiger partial charge in [0.25, 0.3) is 5.91 Å². The maximum Gasteiger partial charge on any atom is 0.265 e. The highest BCUT2D eigenvalue weighted by Gasteiger charge is 2.19. The summed E-state index contributed by atoms with van der Waals surface area (Å²) in [5.74, 6) is -0.144. The van der Waals surface area contributed by atoms with Crippen LogP contribution in [-0.4, -0.2) is 17.4 Å². The molecule has 4 nitrogen and oxygen atoms in total. The standard InChI is InChI=1S/C14H14ClN3OS/c15-13-10(4-2-8-17-13)18-14(19)12-6-5-11(20-12)9-3-1-7-16-9/h2,4-6,8-9,16H,1,3,7H2,(H,18,19)/t9-/m0/s1. The maximum absolute atomic E-state index is 12.2. The Morgan fingerprint density at radius 2 is 2.35 bits per heavy atom. The first-order valence-corrected chi connectivity index (χ1v) is 7.68. The summed E-state index contributed by atoms with van der Waals surface area (Å²) in [4.78, 5) is 18.0. The van der Waals surface area contributed by atoms with Crippen LogP contribution < -0.4 is 10.6 Å². The van der Waals surface area contributed by atoms with Crippen molar-refractivity contribution in [3.8, 4) is 0 Å². The lowest BCUT2D eigenvalue weighted by Gasteiger charge is -2.06. The van der Waals surface area contributed by atoms with E-state index in [9.17, 15) is 4.79 Å². The SMILES string of the molecule is O=C(Nc1cccnc1Cl)c1ccc([C@@H]2CCCN2)s1. The van der Waals surface area contributed by atoms with Gasteiger partial charge in [0.05, 0.1) is 10.6 Å². The Kier molecular flexibility index (Phi) is 4.00. The van der Waals surface area contributed by atoms with Gasteiger partial charge in [0.15, 0.2) is 5.15 Å². The molecule has 1 atom stereocenters. The lowest BCUT2D eigenvalue weighted by molar-refractivity contribution is 0.103. The number of carbonyl (C=O) groups is 1. The van der Waals surface area contributed by atoms with Crippen molar-refractivity contribution in [3.05, 3.63) is 45.4 Å². The molecule has 0 aromatic carbocycles. The first-order chi connectivity index (χ1) is 9.74. The van der Waals surface area contributed by atoms with Gasteiger partial charge in [0.2, 0.25) is 0 Å². The Morgan fingerprint density at radius 3 is 3.10 bits per heavy atom. The lowest BCUT2D eigenvalue weighted by atomic mass is 10.2. The van der Waals surface area contributed by atoms with Crippen LogP contribution in [0.2, 0.25) is 5.15 Å². The molecule has 0 radical (unpaired) electrons. The van der Waals surface area contributed by atoms with E-state index in [1.165, 1.54) is 22.6 Å². The number of rotatable bonds is 3. The van der Waals surface area contributed by atoms with Crippen LogP contribution in [0.3, 0.4) is 0 Å². The molecular formula is C14H14ClN3OS. The lowest BCUT2D eigenvalue weighted by Crippen LogP contribution is -2.12. The summed E-state index contributed by atoms with van der Waals surface area (Å²) in [6.07, 6.45) is 3.92. The zero-order chi connectivity index (χ0) is 13.9. The average molecular weight is 308 g/mol. The molecule has 104 valence electrons. The third-order valence-electron chi connectivity index (χ3n) is 3.26. The molecule has 0 bridgehead atoms. The fourth-order valence-electron chi connectivity index (χ4n) is 2.25. The monoisotopic (exact) mass is 307 g/mol. The van der Waals surface area contributed by atoms with E-state index in [-0.39, 0.29) is 5.91 Å². The Balaban J connectivity index is 1.73. The Morgan fingerprint density at radius 1 is 1.45 bits per heavy atom. The van der Waals surface area contributed by atoms with Crippen LogP contribution in [0.15, 0.2) is 30.5 Å². The van der Waals surface area contributed by atoms with Crippen LogP contribution in [0.5, 0.6) is 0 Å². The number of hydrogen-bond donors (Lipinski definition) is 2. The van der Waals surface area contributed by atoms with Crippen molar-refractivity contribution >= 4 is 34.5 Å². The zero-order valence-electron chi connectivity index (χ0n) is 10.7. The van der Waals surface area contributed by atoms with Crippen LogP contribution in [0.4, 0.5) is 5.69 Å². The number of thiophene rings is 1. The molecule has 3 rings (SSSR count). The molecule has 3 heterocycles. The quantitative estimate of drug-likeness (QED) is 0.854. The van der Waals surface area contributed by atoms with Gasteiger partial charge in [-0.3, -0.25) is 4.79 Å². The number of nitrogens with one attached hydrogen (secondary N) is 2. The van der Waals surface area contributed by atoms with Gasteiger partial charge in [-0.05, 0) is 43.7 Å². The van der Waals surface area contributed by atoms with Crippen molar-refractivity contribution in [1.29, 1.82) is 0 Å². The van der Waals surface area contributed by atoms with Crippen LogP contribution in [0.25, 0.3) is 0 Å². The number of halogens is 1. The largest absolute Gasteiger partial charge is 0.319 e. The summed E-state index contributed by atoms with van der Waals surface area (Å²) in [6.45, 7) is 1.05. The first kappa shape index (κ1) is 13.5. The van der Waals surface area contributed by atoms with Crippen molar-refractivity contribution in [2.24, 2.45) is 0 Å². The second-order valence-corrected chi connectivity index (χ2v) is 6.12. The van der Waals surface area contributed by atoms with Gasteiger partial charge in [0, 0.05) is 17.1 Å². The van der Waals surface area contributed by atoms with E-state index in [2.05, 4.69) is 15.6 Å². The number of aromatic nitrogens is 1. The van der Waals surface area contributed by atoms with Gasteiger partial charge < -0.3 is 10.6 Å². The third kappa shape index (κ3) is 2.85. The zero-order valence-corrected chi connectivity index (χ0v) is 12.3. The van der Waals surface area contributed by atoms with Crippen LogP contribution in [0, 0.1) is 0 Å². The molecule has 6 heteroatoms. The minimum absolute atomic E-state index is 0.144. The minimum atomic E-state index is -0.144. The van der Waals surface area contributed by atoms with Gasteiger partial charge in [-0.25, -0.2) is 4.98 Å². The van der Waals surface area contributed by atoms with Crippen molar-refractivity contribution in [2.45, 2.75) is 18.9 Å². The third-order valence-corrected chi connectivity index (χ3v) is 4.76. The predicted octanol–water partition coefficient (Wildman–Crippen LogP) is 3.47. The molecule has 1 saturated heterocycles. The van der Waals surface area contributed by atoms with Crippen molar-refractivity contribution in [3.63, 3.8) is 0 Å². The van der Waals surface area contributed by atoms with E-state index >= 15 is 0 Å². The normalized spacial score (nSPS) is 18.1. The van der Waals surface area contributed by atoms with Crippen molar-refractivity contribution < 1.29 is 4.79 Å². The molecule has 1 aliphatic rings. The molecule has 2 aromatic rings. The summed E-state index contributed by atoms with van der Waals surface area (Å²) in [5.41, 5.74) is 0.535. The number of anilines is 1. The average Bonchev–Trinajstić information content (AvgIpc) is 3.11. The predicted molar refractivity (Wildman–Crippen MR) is 81.5 cm³/mol. The highest BCUT2D eigenvalue weighted by molar-refractivity contribution is 7.14. The van der Waals surface area contributed by atoms with Gasteiger partial charge in [0.1, 0.15) is 0 Å². The van der Waals surface area contributed by atoms with Crippen LogP contribution in [0.1, 0.15) is 33.4 Å². The van der Waals surface area contributed by atoms with Crippen LogP contribution >= 0.6 is 22.9 Å². The summed E-state index contributed by atoms with van der Waals surface area (Å²) in [7, 11) is 0. The smallest absolute Gasteiger partial charge is 0.265 e. The molecule has 20 heavy (non-hydrogen) atoms. The molecule has 0 saturated carbocycles. The fraction of sp³-hybridized carbons (Fsp3) is 0.286. The van der Waals surface area contributed by atoms with Gasteiger partial charge in [-0.2, -0.15) is 0 Å². The Bertz CT molecular complexity index is 622. The van der Waals surface area contributed by atoms with Gasteiger partial charge in [-0.1, -0.05) is 11.6 Å². The number of pyridine rings is 1. The van der Waals surface area contributed by atoms with E-state index in [1.54, 1.807) is 18.3 Å². The minimum Gasteiger partial charge on any atom is -0.319 e. The summed E-state index contributed by atoms with van der Waals surface area (Å²) in [6, 6.07) is 7.75. The van der Waals surface area contributed by atoms with Crippen molar-refractivity contribution in [1.82, 2.24) is 10.3 Å². The molecule has 0 spiro atoms. The Hall–Kier alpha value is -1.43. The molecule has 0 unspecified atom stereocenters. The van der Waals surface area contributed by atoms with E-state index in [0.29, 0.717) is 21.8 Å².